The number of aromatic nitrogens is 3. The predicted molar refractivity (Wildman–Crippen MR) is 108 cm³/mol. The second kappa shape index (κ2) is 8.44. The highest BCUT2D eigenvalue weighted by molar-refractivity contribution is 6.00. The Kier molecular flexibility index (Phi) is 5.95. The lowest BCUT2D eigenvalue weighted by Crippen LogP contribution is -2.19. The number of hydrogen-bond acceptors (Lipinski definition) is 5. The van der Waals surface area contributed by atoms with Crippen molar-refractivity contribution in [3.63, 3.8) is 0 Å². The summed E-state index contributed by atoms with van der Waals surface area (Å²) in [5.74, 6) is -0.216. The van der Waals surface area contributed by atoms with Crippen molar-refractivity contribution in [1.29, 1.82) is 0 Å². The second-order valence-corrected chi connectivity index (χ2v) is 6.79. The molecule has 0 fully saturated rings. The van der Waals surface area contributed by atoms with Crippen LogP contribution < -0.4 is 16.0 Å². The maximum atomic E-state index is 13.5. The third-order valence-corrected chi connectivity index (χ3v) is 4.28. The van der Waals surface area contributed by atoms with Gasteiger partial charge in [0.05, 0.1) is 34.4 Å². The molecule has 3 rings (SSSR count). The highest BCUT2D eigenvalue weighted by atomic mass is 19.4. The minimum atomic E-state index is -4.63. The number of anilines is 4. The van der Waals surface area contributed by atoms with E-state index >= 15 is 0 Å². The summed E-state index contributed by atoms with van der Waals surface area (Å²) in [6.45, 7) is 3.91. The average Bonchev–Trinajstić information content (AvgIpc) is 3.16. The smallest absolute Gasteiger partial charge is 0.355 e. The number of pyridine rings is 1. The molecule has 0 saturated heterocycles. The summed E-state index contributed by atoms with van der Waals surface area (Å²) in [5, 5.41) is 12.3. The van der Waals surface area contributed by atoms with Crippen molar-refractivity contribution in [3.05, 3.63) is 60.0 Å². The molecular weight excluding hydrogens is 397 g/mol. The van der Waals surface area contributed by atoms with Crippen LogP contribution in [0, 0.1) is 0 Å². The average molecular weight is 418 g/mol. The summed E-state index contributed by atoms with van der Waals surface area (Å²) < 4.78 is 42.3. The first-order valence-corrected chi connectivity index (χ1v) is 9.15. The Labute approximate surface area is 171 Å². The molecule has 0 bridgehead atoms. The van der Waals surface area contributed by atoms with E-state index in [0.717, 1.165) is 6.20 Å². The molecule has 0 aliphatic heterocycles. The van der Waals surface area contributed by atoms with Gasteiger partial charge in [-0.05, 0) is 26.0 Å². The molecule has 1 aromatic carbocycles. The van der Waals surface area contributed by atoms with Crippen molar-refractivity contribution in [2.75, 3.05) is 17.7 Å². The fraction of sp³-hybridized carbons (Fsp3) is 0.250. The monoisotopic (exact) mass is 418 g/mol. The van der Waals surface area contributed by atoms with Crippen molar-refractivity contribution in [2.45, 2.75) is 26.1 Å². The van der Waals surface area contributed by atoms with Gasteiger partial charge in [-0.2, -0.15) is 18.3 Å². The van der Waals surface area contributed by atoms with Crippen molar-refractivity contribution < 1.29 is 18.0 Å². The fourth-order valence-electron chi connectivity index (χ4n) is 2.76. The van der Waals surface area contributed by atoms with Gasteiger partial charge in [-0.25, -0.2) is 4.98 Å². The number of carbonyl (C=O) groups is 1. The minimum Gasteiger partial charge on any atom is -0.355 e. The topological polar surface area (TPSA) is 83.9 Å². The van der Waals surface area contributed by atoms with Gasteiger partial charge in [0.2, 0.25) is 0 Å². The normalized spacial score (nSPS) is 11.4. The predicted octanol–water partition coefficient (Wildman–Crippen LogP) is 4.72. The van der Waals surface area contributed by atoms with Gasteiger partial charge in [-0.15, -0.1) is 0 Å². The van der Waals surface area contributed by atoms with E-state index in [1.165, 1.54) is 25.2 Å². The van der Waals surface area contributed by atoms with Crippen molar-refractivity contribution in [1.82, 2.24) is 20.1 Å². The Morgan fingerprint density at radius 2 is 1.83 bits per heavy atom. The number of amides is 1. The molecular formula is C20H21F3N6O. The molecule has 0 spiro atoms. The van der Waals surface area contributed by atoms with E-state index in [1.54, 1.807) is 29.2 Å². The Balaban J connectivity index is 1.97. The minimum absolute atomic E-state index is 0.138. The van der Waals surface area contributed by atoms with Crippen LogP contribution in [-0.4, -0.2) is 27.7 Å². The molecule has 158 valence electrons. The molecule has 0 atom stereocenters. The Bertz CT molecular complexity index is 1050. The van der Waals surface area contributed by atoms with Crippen LogP contribution in [0.3, 0.4) is 0 Å². The standard InChI is InChI=1S/C20H21F3N6O/c1-12(2)29-11-13(9-26-29)27-18-8-17(15(10-25-18)20(21,22)23)28-16-7-5-4-6-14(16)19(30)24-3/h4-12H,1-3H3,(H,24,30)(H2,25,27,28). The van der Waals surface area contributed by atoms with E-state index in [0.29, 0.717) is 5.69 Å². The van der Waals surface area contributed by atoms with Crippen molar-refractivity contribution >= 4 is 28.8 Å². The number of nitrogens with one attached hydrogen (secondary N) is 3. The van der Waals surface area contributed by atoms with Gasteiger partial charge in [-0.3, -0.25) is 9.48 Å². The van der Waals surface area contributed by atoms with Crippen LogP contribution in [-0.2, 0) is 6.18 Å². The van der Waals surface area contributed by atoms with Gasteiger partial charge in [0.1, 0.15) is 5.82 Å². The van der Waals surface area contributed by atoms with E-state index in [9.17, 15) is 18.0 Å². The molecule has 1 amide bonds. The summed E-state index contributed by atoms with van der Waals surface area (Å²) in [4.78, 5) is 15.9. The van der Waals surface area contributed by atoms with Crippen LogP contribution >= 0.6 is 0 Å². The molecule has 2 aromatic heterocycles. The molecule has 0 aliphatic rings. The summed E-state index contributed by atoms with van der Waals surface area (Å²) >= 11 is 0. The maximum absolute atomic E-state index is 13.5. The van der Waals surface area contributed by atoms with Crippen molar-refractivity contribution in [3.8, 4) is 0 Å². The second-order valence-electron chi connectivity index (χ2n) is 6.79. The SMILES string of the molecule is CNC(=O)c1ccccc1Nc1cc(Nc2cnn(C(C)C)c2)ncc1C(F)(F)F. The first kappa shape index (κ1) is 21.2. The molecule has 2 heterocycles. The van der Waals surface area contributed by atoms with Crippen LogP contribution in [0.5, 0.6) is 0 Å². The number of hydrogen-bond donors (Lipinski definition) is 3. The van der Waals surface area contributed by atoms with E-state index in [1.807, 2.05) is 13.8 Å². The Morgan fingerprint density at radius 1 is 1.10 bits per heavy atom. The zero-order valence-corrected chi connectivity index (χ0v) is 16.6. The fourth-order valence-corrected chi connectivity index (χ4v) is 2.76. The summed E-state index contributed by atoms with van der Waals surface area (Å²) in [5.41, 5.74) is -0.123. The third kappa shape index (κ3) is 4.70. The molecule has 0 saturated carbocycles. The van der Waals surface area contributed by atoms with Gasteiger partial charge in [-0.1, -0.05) is 12.1 Å². The number of benzene rings is 1. The first-order valence-electron chi connectivity index (χ1n) is 9.15. The highest BCUT2D eigenvalue weighted by Gasteiger charge is 2.34. The van der Waals surface area contributed by atoms with Crippen LogP contribution in [0.25, 0.3) is 0 Å². The number of para-hydroxylation sites is 1. The molecule has 10 heteroatoms. The first-order chi connectivity index (χ1) is 14.2. The third-order valence-electron chi connectivity index (χ3n) is 4.28. The molecule has 3 N–H and O–H groups in total. The number of carbonyl (C=O) groups excluding carboxylic acids is 1. The summed E-state index contributed by atoms with van der Waals surface area (Å²) in [6, 6.07) is 7.70. The summed E-state index contributed by atoms with van der Waals surface area (Å²) in [6.07, 6.45) is -0.580. The van der Waals surface area contributed by atoms with Gasteiger partial charge < -0.3 is 16.0 Å². The number of nitrogens with zero attached hydrogens (tertiary/aromatic N) is 3. The van der Waals surface area contributed by atoms with E-state index in [-0.39, 0.29) is 28.8 Å². The van der Waals surface area contributed by atoms with Crippen LogP contribution in [0.4, 0.5) is 36.1 Å². The van der Waals surface area contributed by atoms with E-state index in [4.69, 9.17) is 0 Å². The summed E-state index contributed by atoms with van der Waals surface area (Å²) in [7, 11) is 1.45. The number of alkyl halides is 3. The molecule has 7 nitrogen and oxygen atoms in total. The van der Waals surface area contributed by atoms with Gasteiger partial charge in [0, 0.05) is 31.5 Å². The zero-order valence-electron chi connectivity index (χ0n) is 16.6. The van der Waals surface area contributed by atoms with Crippen LogP contribution in [0.2, 0.25) is 0 Å². The lowest BCUT2D eigenvalue weighted by Gasteiger charge is -2.17. The largest absolute Gasteiger partial charge is 0.419 e. The Morgan fingerprint density at radius 3 is 2.47 bits per heavy atom. The van der Waals surface area contributed by atoms with E-state index < -0.39 is 17.6 Å². The number of rotatable bonds is 6. The molecule has 3 aromatic rings. The maximum Gasteiger partial charge on any atom is 0.419 e. The zero-order chi connectivity index (χ0) is 21.9. The molecule has 0 radical (unpaired) electrons. The van der Waals surface area contributed by atoms with Gasteiger partial charge in [0.15, 0.2) is 0 Å². The number of halogens is 3. The highest BCUT2D eigenvalue weighted by Crippen LogP contribution is 2.37. The van der Waals surface area contributed by atoms with Gasteiger partial charge in [0.25, 0.3) is 5.91 Å². The quantitative estimate of drug-likeness (QED) is 0.539. The van der Waals surface area contributed by atoms with Crippen molar-refractivity contribution in [2.24, 2.45) is 0 Å². The van der Waals surface area contributed by atoms with Crippen LogP contribution in [0.15, 0.2) is 48.9 Å². The Hall–Kier alpha value is -3.56. The van der Waals surface area contributed by atoms with E-state index in [2.05, 4.69) is 26.0 Å². The molecule has 30 heavy (non-hydrogen) atoms. The molecule has 0 aliphatic carbocycles. The van der Waals surface area contributed by atoms with Crippen LogP contribution in [0.1, 0.15) is 35.8 Å². The molecule has 0 unspecified atom stereocenters. The van der Waals surface area contributed by atoms with Gasteiger partial charge >= 0.3 is 6.18 Å². The lowest BCUT2D eigenvalue weighted by molar-refractivity contribution is -0.137. The lowest BCUT2D eigenvalue weighted by atomic mass is 10.1.